The molecular weight excluding hydrogens is 392 g/mol. The molecule has 2 heterocycles. The summed E-state index contributed by atoms with van der Waals surface area (Å²) < 4.78 is 5.58. The number of aromatic nitrogens is 2. The van der Waals surface area contributed by atoms with Crippen molar-refractivity contribution in [3.63, 3.8) is 0 Å². The summed E-state index contributed by atoms with van der Waals surface area (Å²) in [4.78, 5) is 20.1. The van der Waals surface area contributed by atoms with Gasteiger partial charge in [-0.1, -0.05) is 41.6 Å². The lowest BCUT2D eigenvalue weighted by molar-refractivity contribution is -0.138. The Hall–Kier alpha value is -2.38. The van der Waals surface area contributed by atoms with E-state index >= 15 is 0 Å². The van der Waals surface area contributed by atoms with E-state index in [4.69, 9.17) is 4.74 Å². The molecule has 0 unspecified atom stereocenters. The number of thiazole rings is 1. The first-order chi connectivity index (χ1) is 13.3. The summed E-state index contributed by atoms with van der Waals surface area (Å²) in [6.45, 7) is 5.88. The van der Waals surface area contributed by atoms with E-state index in [2.05, 4.69) is 41.2 Å². The van der Waals surface area contributed by atoms with Crippen molar-refractivity contribution in [3.05, 3.63) is 59.2 Å². The lowest BCUT2D eigenvalue weighted by Gasteiger charge is -2.15. The molecule has 0 atom stereocenters. The SMILES string of the molecule is Cc1ccc(-c2ccc(OCCc3csc(SC(C)(C)C(=O)O)n3)nc2)cc1. The molecule has 0 saturated heterocycles. The van der Waals surface area contributed by atoms with Gasteiger partial charge in [0.15, 0.2) is 4.34 Å². The van der Waals surface area contributed by atoms with E-state index in [-0.39, 0.29) is 0 Å². The maximum absolute atomic E-state index is 11.2. The Morgan fingerprint density at radius 3 is 2.54 bits per heavy atom. The highest BCUT2D eigenvalue weighted by Gasteiger charge is 2.29. The Morgan fingerprint density at radius 1 is 1.18 bits per heavy atom. The van der Waals surface area contributed by atoms with E-state index < -0.39 is 10.7 Å². The second-order valence-corrected chi connectivity index (χ2v) is 9.60. The predicted octanol–water partition coefficient (Wildman–Crippen LogP) is 5.09. The number of benzene rings is 1. The minimum atomic E-state index is -0.894. The average molecular weight is 415 g/mol. The minimum Gasteiger partial charge on any atom is -0.480 e. The van der Waals surface area contributed by atoms with Crippen LogP contribution in [0.1, 0.15) is 25.1 Å². The summed E-state index contributed by atoms with van der Waals surface area (Å²) in [7, 11) is 0. The van der Waals surface area contributed by atoms with Gasteiger partial charge in [0.2, 0.25) is 5.88 Å². The minimum absolute atomic E-state index is 0.465. The molecule has 0 aliphatic rings. The van der Waals surface area contributed by atoms with Gasteiger partial charge in [-0.15, -0.1) is 11.3 Å². The van der Waals surface area contributed by atoms with E-state index in [0.29, 0.717) is 18.9 Å². The quantitative estimate of drug-likeness (QED) is 0.518. The standard InChI is InChI=1S/C21H22N2O3S2/c1-14-4-6-15(7-5-14)16-8-9-18(22-12-16)26-11-10-17-13-27-20(23-17)28-21(2,3)19(24)25/h4-9,12-13H,10-11H2,1-3H3,(H,24,25). The molecule has 0 spiro atoms. The van der Waals surface area contributed by atoms with Crippen molar-refractivity contribution in [1.29, 1.82) is 0 Å². The molecule has 5 nitrogen and oxygen atoms in total. The van der Waals surface area contributed by atoms with Crippen LogP contribution in [0.3, 0.4) is 0 Å². The number of nitrogens with zero attached hydrogens (tertiary/aromatic N) is 2. The highest BCUT2D eigenvalue weighted by atomic mass is 32.2. The number of carboxylic acid groups (broad SMARTS) is 1. The predicted molar refractivity (Wildman–Crippen MR) is 113 cm³/mol. The highest BCUT2D eigenvalue weighted by molar-refractivity contribution is 8.02. The smallest absolute Gasteiger partial charge is 0.319 e. The fraction of sp³-hybridized carbons (Fsp3) is 0.286. The number of pyridine rings is 1. The monoisotopic (exact) mass is 414 g/mol. The van der Waals surface area contributed by atoms with Crippen molar-refractivity contribution in [2.75, 3.05) is 6.61 Å². The van der Waals surface area contributed by atoms with Gasteiger partial charge in [-0.3, -0.25) is 4.79 Å². The molecule has 0 saturated carbocycles. The average Bonchev–Trinajstić information content (AvgIpc) is 3.09. The zero-order chi connectivity index (χ0) is 20.1. The number of hydrogen-bond acceptors (Lipinski definition) is 6. The van der Waals surface area contributed by atoms with E-state index in [1.54, 1.807) is 13.8 Å². The molecule has 28 heavy (non-hydrogen) atoms. The van der Waals surface area contributed by atoms with Crippen molar-refractivity contribution in [2.45, 2.75) is 36.3 Å². The molecule has 0 bridgehead atoms. The molecule has 3 rings (SSSR count). The third kappa shape index (κ3) is 5.33. The number of rotatable bonds is 8. The number of aryl methyl sites for hydroxylation is 1. The molecule has 0 aliphatic carbocycles. The largest absolute Gasteiger partial charge is 0.480 e. The molecule has 1 aromatic carbocycles. The van der Waals surface area contributed by atoms with Crippen molar-refractivity contribution < 1.29 is 14.6 Å². The molecule has 0 amide bonds. The van der Waals surface area contributed by atoms with E-state index in [1.807, 2.05) is 23.7 Å². The first kappa shape index (κ1) is 20.4. The molecule has 146 valence electrons. The van der Waals surface area contributed by atoms with Crippen LogP contribution in [0.5, 0.6) is 5.88 Å². The summed E-state index contributed by atoms with van der Waals surface area (Å²) in [5, 5.41) is 11.2. The number of ether oxygens (including phenoxy) is 1. The Balaban J connectivity index is 1.51. The van der Waals surface area contributed by atoms with Crippen LogP contribution in [0.4, 0.5) is 0 Å². The summed E-state index contributed by atoms with van der Waals surface area (Å²) in [5.74, 6) is -0.273. The van der Waals surface area contributed by atoms with Crippen LogP contribution >= 0.6 is 23.1 Å². The van der Waals surface area contributed by atoms with Gasteiger partial charge in [0.1, 0.15) is 4.75 Å². The van der Waals surface area contributed by atoms with Gasteiger partial charge in [0, 0.05) is 29.6 Å². The summed E-state index contributed by atoms with van der Waals surface area (Å²) >= 11 is 2.72. The summed E-state index contributed by atoms with van der Waals surface area (Å²) in [6.07, 6.45) is 2.46. The van der Waals surface area contributed by atoms with Crippen molar-refractivity contribution in [3.8, 4) is 17.0 Å². The fourth-order valence-corrected chi connectivity index (χ4v) is 4.58. The van der Waals surface area contributed by atoms with Gasteiger partial charge < -0.3 is 9.84 Å². The first-order valence-corrected chi connectivity index (χ1v) is 10.6. The normalized spacial score (nSPS) is 11.4. The highest BCUT2D eigenvalue weighted by Crippen LogP contribution is 2.34. The maximum atomic E-state index is 11.2. The summed E-state index contributed by atoms with van der Waals surface area (Å²) in [5.41, 5.74) is 4.30. The topological polar surface area (TPSA) is 72.3 Å². The van der Waals surface area contributed by atoms with Crippen LogP contribution in [0.25, 0.3) is 11.1 Å². The van der Waals surface area contributed by atoms with Gasteiger partial charge >= 0.3 is 5.97 Å². The van der Waals surface area contributed by atoms with Gasteiger partial charge in [-0.2, -0.15) is 0 Å². The Labute approximate surface area is 172 Å². The van der Waals surface area contributed by atoms with E-state index in [1.165, 1.54) is 28.7 Å². The molecular formula is C21H22N2O3S2. The Kier molecular flexibility index (Phi) is 6.36. The van der Waals surface area contributed by atoms with Crippen LogP contribution in [-0.2, 0) is 11.2 Å². The molecule has 3 aromatic rings. The lowest BCUT2D eigenvalue weighted by Crippen LogP contribution is -2.26. The third-order valence-corrected chi connectivity index (χ3v) is 6.29. The van der Waals surface area contributed by atoms with Gasteiger partial charge in [0.05, 0.1) is 12.3 Å². The Morgan fingerprint density at radius 2 is 1.89 bits per heavy atom. The molecule has 0 radical (unpaired) electrons. The fourth-order valence-electron chi connectivity index (χ4n) is 2.35. The zero-order valence-corrected chi connectivity index (χ0v) is 17.6. The number of thioether (sulfide) groups is 1. The van der Waals surface area contributed by atoms with Crippen molar-refractivity contribution in [2.24, 2.45) is 0 Å². The van der Waals surface area contributed by atoms with Crippen LogP contribution in [0.15, 0.2) is 52.3 Å². The molecule has 7 heteroatoms. The molecule has 2 aromatic heterocycles. The van der Waals surface area contributed by atoms with Crippen molar-refractivity contribution >= 4 is 29.1 Å². The van der Waals surface area contributed by atoms with Gasteiger partial charge in [-0.05, 0) is 32.4 Å². The van der Waals surface area contributed by atoms with Gasteiger partial charge in [-0.25, -0.2) is 9.97 Å². The maximum Gasteiger partial charge on any atom is 0.319 e. The van der Waals surface area contributed by atoms with E-state index in [9.17, 15) is 9.90 Å². The lowest BCUT2D eigenvalue weighted by atomic mass is 10.1. The second-order valence-electron chi connectivity index (χ2n) is 6.87. The van der Waals surface area contributed by atoms with Crippen molar-refractivity contribution in [1.82, 2.24) is 9.97 Å². The second kappa shape index (κ2) is 8.75. The number of carboxylic acids is 1. The number of hydrogen-bond donors (Lipinski definition) is 1. The van der Waals surface area contributed by atoms with Crippen LogP contribution in [0.2, 0.25) is 0 Å². The van der Waals surface area contributed by atoms with E-state index in [0.717, 1.165) is 21.2 Å². The zero-order valence-electron chi connectivity index (χ0n) is 16.0. The first-order valence-electron chi connectivity index (χ1n) is 8.86. The number of aliphatic carboxylic acids is 1. The van der Waals surface area contributed by atoms with Crippen LogP contribution in [-0.4, -0.2) is 32.4 Å². The van der Waals surface area contributed by atoms with Crippen LogP contribution in [0, 0.1) is 6.92 Å². The number of carbonyl (C=O) groups is 1. The van der Waals surface area contributed by atoms with Gasteiger partial charge in [0.25, 0.3) is 0 Å². The Bertz CT molecular complexity index is 935. The van der Waals surface area contributed by atoms with Crippen LogP contribution < -0.4 is 4.74 Å². The molecule has 0 aliphatic heterocycles. The molecule has 0 fully saturated rings. The summed E-state index contributed by atoms with van der Waals surface area (Å²) in [6, 6.07) is 12.2. The molecule has 1 N–H and O–H groups in total. The third-order valence-electron chi connectivity index (χ3n) is 4.12.